The van der Waals surface area contributed by atoms with E-state index in [4.69, 9.17) is 4.74 Å². The van der Waals surface area contributed by atoms with Crippen molar-refractivity contribution in [3.8, 4) is 5.75 Å². The highest BCUT2D eigenvalue weighted by atomic mass is 16.5. The fourth-order valence-corrected chi connectivity index (χ4v) is 2.94. The molecule has 1 atom stereocenters. The maximum absolute atomic E-state index is 12.4. The number of anilines is 1. The van der Waals surface area contributed by atoms with Gasteiger partial charge in [-0.3, -0.25) is 4.79 Å². The van der Waals surface area contributed by atoms with Crippen molar-refractivity contribution >= 4 is 11.6 Å². The van der Waals surface area contributed by atoms with E-state index in [0.29, 0.717) is 13.0 Å². The largest absolute Gasteiger partial charge is 0.481 e. The van der Waals surface area contributed by atoms with Gasteiger partial charge in [0.1, 0.15) is 5.75 Å². The normalized spacial score (nSPS) is 11.7. The number of carbonyl (C=O) groups excluding carboxylic acids is 1. The van der Waals surface area contributed by atoms with Gasteiger partial charge >= 0.3 is 0 Å². The zero-order valence-corrected chi connectivity index (χ0v) is 16.3. The van der Waals surface area contributed by atoms with Gasteiger partial charge in [-0.15, -0.1) is 0 Å². The van der Waals surface area contributed by atoms with Crippen molar-refractivity contribution in [2.75, 3.05) is 25.0 Å². The van der Waals surface area contributed by atoms with Crippen molar-refractivity contribution in [2.24, 2.45) is 0 Å². The molecule has 0 fully saturated rings. The van der Waals surface area contributed by atoms with Crippen LogP contribution in [0.1, 0.15) is 30.9 Å². The van der Waals surface area contributed by atoms with Gasteiger partial charge in [-0.2, -0.15) is 0 Å². The summed E-state index contributed by atoms with van der Waals surface area (Å²) < 4.78 is 5.91. The van der Waals surface area contributed by atoms with E-state index in [1.54, 1.807) is 0 Å². The van der Waals surface area contributed by atoms with E-state index < -0.39 is 6.10 Å². The van der Waals surface area contributed by atoms with E-state index >= 15 is 0 Å². The number of aryl methyl sites for hydroxylation is 2. The van der Waals surface area contributed by atoms with Gasteiger partial charge in [0, 0.05) is 25.8 Å². The lowest BCUT2D eigenvalue weighted by Gasteiger charge is -2.20. The Morgan fingerprint density at radius 3 is 2.38 bits per heavy atom. The highest BCUT2D eigenvalue weighted by Crippen LogP contribution is 2.18. The molecule has 0 heterocycles. The molecule has 2 rings (SSSR count). The quantitative estimate of drug-likeness (QED) is 0.689. The number of rotatable bonds is 9. The van der Waals surface area contributed by atoms with E-state index in [9.17, 15) is 4.79 Å². The first kappa shape index (κ1) is 19.8. The Balaban J connectivity index is 1.78. The number of carbonyl (C=O) groups is 1. The topological polar surface area (TPSA) is 41.6 Å². The van der Waals surface area contributed by atoms with Crippen LogP contribution in [0.25, 0.3) is 0 Å². The number of para-hydroxylation sites is 1. The smallest absolute Gasteiger partial charge is 0.261 e. The van der Waals surface area contributed by atoms with Gasteiger partial charge in [0.25, 0.3) is 5.91 Å². The highest BCUT2D eigenvalue weighted by molar-refractivity contribution is 5.81. The molecule has 0 aliphatic carbocycles. The maximum Gasteiger partial charge on any atom is 0.261 e. The second kappa shape index (κ2) is 9.85. The van der Waals surface area contributed by atoms with Crippen LogP contribution in [-0.2, 0) is 4.79 Å². The van der Waals surface area contributed by atoms with Crippen LogP contribution in [0.5, 0.6) is 5.75 Å². The number of hydrogen-bond acceptors (Lipinski definition) is 3. The lowest BCUT2D eigenvalue weighted by Crippen LogP contribution is -2.39. The van der Waals surface area contributed by atoms with E-state index in [1.807, 2.05) is 51.1 Å². The molecule has 0 aliphatic heterocycles. The van der Waals surface area contributed by atoms with Crippen LogP contribution in [0.2, 0.25) is 0 Å². The summed E-state index contributed by atoms with van der Waals surface area (Å²) in [5, 5.41) is 3.00. The Morgan fingerprint density at radius 2 is 1.77 bits per heavy atom. The molecule has 0 saturated carbocycles. The van der Waals surface area contributed by atoms with Crippen LogP contribution in [0.4, 0.5) is 5.69 Å². The lowest BCUT2D eigenvalue weighted by molar-refractivity contribution is -0.128. The van der Waals surface area contributed by atoms with Crippen LogP contribution in [0.3, 0.4) is 0 Å². The molecule has 2 aromatic rings. The van der Waals surface area contributed by atoms with Crippen molar-refractivity contribution in [1.82, 2.24) is 5.32 Å². The molecule has 0 aromatic heterocycles. The van der Waals surface area contributed by atoms with Gasteiger partial charge in [-0.25, -0.2) is 0 Å². The number of nitrogens with zero attached hydrogens (tertiary/aromatic N) is 1. The molecule has 0 spiro atoms. The predicted molar refractivity (Wildman–Crippen MR) is 108 cm³/mol. The maximum atomic E-state index is 12.4. The minimum absolute atomic E-state index is 0.0472. The first-order valence-electron chi connectivity index (χ1n) is 9.28. The van der Waals surface area contributed by atoms with Gasteiger partial charge in [0.15, 0.2) is 6.10 Å². The summed E-state index contributed by atoms with van der Waals surface area (Å²) in [5.74, 6) is 0.710. The molecule has 1 N–H and O–H groups in total. The van der Waals surface area contributed by atoms with E-state index in [-0.39, 0.29) is 5.91 Å². The first-order chi connectivity index (χ1) is 12.5. The predicted octanol–water partition coefficient (Wildman–Crippen LogP) is 4.10. The Labute approximate surface area is 157 Å². The SMILES string of the molecule is CC[C@H](Oc1cc(C)cc(C)c1)C(=O)NCCCN(C)c1ccccc1. The average Bonchev–Trinajstić information content (AvgIpc) is 2.62. The summed E-state index contributed by atoms with van der Waals surface area (Å²) >= 11 is 0. The van der Waals surface area contributed by atoms with Crippen molar-refractivity contribution < 1.29 is 9.53 Å². The second-order valence-corrected chi connectivity index (χ2v) is 6.74. The number of ether oxygens (including phenoxy) is 1. The van der Waals surface area contributed by atoms with E-state index in [1.165, 1.54) is 5.69 Å². The van der Waals surface area contributed by atoms with Crippen molar-refractivity contribution in [2.45, 2.75) is 39.7 Å². The molecule has 0 radical (unpaired) electrons. The molecule has 140 valence electrons. The fourth-order valence-electron chi connectivity index (χ4n) is 2.94. The number of nitrogens with one attached hydrogen (secondary N) is 1. The summed E-state index contributed by atoms with van der Waals surface area (Å²) in [7, 11) is 2.06. The van der Waals surface area contributed by atoms with Crippen LogP contribution < -0.4 is 15.0 Å². The van der Waals surface area contributed by atoms with Crippen molar-refractivity contribution in [3.05, 3.63) is 59.7 Å². The third-order valence-corrected chi connectivity index (χ3v) is 4.30. The zero-order valence-electron chi connectivity index (χ0n) is 16.3. The lowest BCUT2D eigenvalue weighted by atomic mass is 10.1. The third kappa shape index (κ3) is 6.10. The Hall–Kier alpha value is -2.49. The van der Waals surface area contributed by atoms with Crippen LogP contribution in [0, 0.1) is 13.8 Å². The number of hydrogen-bond donors (Lipinski definition) is 1. The van der Waals surface area contributed by atoms with Gasteiger partial charge in [0.05, 0.1) is 0 Å². The minimum Gasteiger partial charge on any atom is -0.481 e. The molecule has 1 amide bonds. The molecule has 4 heteroatoms. The first-order valence-corrected chi connectivity index (χ1v) is 9.28. The van der Waals surface area contributed by atoms with Crippen molar-refractivity contribution in [1.29, 1.82) is 0 Å². The summed E-state index contributed by atoms with van der Waals surface area (Å²) in [5.41, 5.74) is 3.46. The van der Waals surface area contributed by atoms with Crippen LogP contribution in [0.15, 0.2) is 48.5 Å². The monoisotopic (exact) mass is 354 g/mol. The van der Waals surface area contributed by atoms with Gasteiger partial charge in [-0.1, -0.05) is 31.2 Å². The Morgan fingerprint density at radius 1 is 1.12 bits per heavy atom. The highest BCUT2D eigenvalue weighted by Gasteiger charge is 2.18. The van der Waals surface area contributed by atoms with E-state index in [2.05, 4.69) is 35.5 Å². The Bertz CT molecular complexity index is 680. The molecule has 0 aliphatic rings. The standard InChI is InChI=1S/C22H30N2O2/c1-5-21(26-20-15-17(2)14-18(3)16-20)22(25)23-12-9-13-24(4)19-10-7-6-8-11-19/h6-8,10-11,14-16,21H,5,9,12-13H2,1-4H3,(H,23,25)/t21-/m0/s1. The molecule has 0 unspecified atom stereocenters. The Kier molecular flexibility index (Phi) is 7.52. The molecular formula is C22H30N2O2. The molecule has 0 bridgehead atoms. The number of amides is 1. The van der Waals surface area contributed by atoms with Gasteiger partial charge in [-0.05, 0) is 62.1 Å². The number of benzene rings is 2. The zero-order chi connectivity index (χ0) is 18.9. The molecule has 4 nitrogen and oxygen atoms in total. The summed E-state index contributed by atoms with van der Waals surface area (Å²) in [6, 6.07) is 16.3. The van der Waals surface area contributed by atoms with Crippen molar-refractivity contribution in [3.63, 3.8) is 0 Å². The van der Waals surface area contributed by atoms with Crippen LogP contribution in [-0.4, -0.2) is 32.1 Å². The second-order valence-electron chi connectivity index (χ2n) is 6.74. The summed E-state index contributed by atoms with van der Waals surface area (Å²) in [6.45, 7) is 7.56. The molecular weight excluding hydrogens is 324 g/mol. The van der Waals surface area contributed by atoms with E-state index in [0.717, 1.165) is 29.8 Å². The third-order valence-electron chi connectivity index (χ3n) is 4.30. The molecule has 0 saturated heterocycles. The van der Waals surface area contributed by atoms with Gasteiger partial charge < -0.3 is 15.0 Å². The summed E-state index contributed by atoms with van der Waals surface area (Å²) in [6.07, 6.45) is 1.07. The summed E-state index contributed by atoms with van der Waals surface area (Å²) in [4.78, 5) is 14.6. The minimum atomic E-state index is -0.456. The molecule has 26 heavy (non-hydrogen) atoms. The van der Waals surface area contributed by atoms with Crippen LogP contribution >= 0.6 is 0 Å². The average molecular weight is 354 g/mol. The van der Waals surface area contributed by atoms with Gasteiger partial charge in [0.2, 0.25) is 0 Å². The molecule has 2 aromatic carbocycles. The fraction of sp³-hybridized carbons (Fsp3) is 0.409.